The molecule has 0 aromatic heterocycles. The molecule has 0 saturated heterocycles. The van der Waals surface area contributed by atoms with Gasteiger partial charge in [-0.3, -0.25) is 4.79 Å². The number of carbonyl (C=O) groups is 1. The second-order valence-corrected chi connectivity index (χ2v) is 5.76. The van der Waals surface area contributed by atoms with E-state index in [-0.39, 0.29) is 5.41 Å². The van der Waals surface area contributed by atoms with E-state index in [1.165, 1.54) is 0 Å². The van der Waals surface area contributed by atoms with Crippen molar-refractivity contribution >= 4 is 17.4 Å². The number of benzene rings is 1. The Kier molecular flexibility index (Phi) is 3.96. The Balaban J connectivity index is 2.18. The third kappa shape index (κ3) is 2.69. The van der Waals surface area contributed by atoms with Gasteiger partial charge in [0.05, 0.1) is 7.11 Å². The van der Waals surface area contributed by atoms with Crippen molar-refractivity contribution in [3.05, 3.63) is 28.8 Å². The Morgan fingerprint density at radius 3 is 2.67 bits per heavy atom. The molecule has 1 aromatic rings. The molecule has 0 heterocycles. The SMILES string of the molecule is COc1ccc(Cl)cc1CC(=O)C1(C)CCCC1. The van der Waals surface area contributed by atoms with Gasteiger partial charge in [0.2, 0.25) is 0 Å². The van der Waals surface area contributed by atoms with Crippen LogP contribution in [0.1, 0.15) is 38.2 Å². The summed E-state index contributed by atoms with van der Waals surface area (Å²) < 4.78 is 5.29. The summed E-state index contributed by atoms with van der Waals surface area (Å²) >= 11 is 5.98. The molecule has 0 aliphatic heterocycles. The summed E-state index contributed by atoms with van der Waals surface area (Å²) in [6.45, 7) is 2.08. The lowest BCUT2D eigenvalue weighted by Gasteiger charge is -2.22. The summed E-state index contributed by atoms with van der Waals surface area (Å²) in [6.07, 6.45) is 4.76. The van der Waals surface area contributed by atoms with E-state index in [4.69, 9.17) is 16.3 Å². The van der Waals surface area contributed by atoms with E-state index in [2.05, 4.69) is 6.92 Å². The topological polar surface area (TPSA) is 26.3 Å². The van der Waals surface area contributed by atoms with Crippen molar-refractivity contribution in [3.63, 3.8) is 0 Å². The van der Waals surface area contributed by atoms with E-state index < -0.39 is 0 Å². The first-order chi connectivity index (χ1) is 8.55. The maximum Gasteiger partial charge on any atom is 0.143 e. The van der Waals surface area contributed by atoms with Gasteiger partial charge in [-0.15, -0.1) is 0 Å². The fourth-order valence-corrected chi connectivity index (χ4v) is 2.90. The Morgan fingerprint density at radius 1 is 1.39 bits per heavy atom. The third-order valence-corrected chi connectivity index (χ3v) is 4.21. The van der Waals surface area contributed by atoms with Gasteiger partial charge >= 0.3 is 0 Å². The second-order valence-electron chi connectivity index (χ2n) is 5.32. The van der Waals surface area contributed by atoms with Crippen LogP contribution < -0.4 is 4.74 Å². The molecule has 98 valence electrons. The minimum Gasteiger partial charge on any atom is -0.496 e. The predicted octanol–water partition coefficient (Wildman–Crippen LogP) is 4.04. The smallest absolute Gasteiger partial charge is 0.143 e. The van der Waals surface area contributed by atoms with Crippen molar-refractivity contribution < 1.29 is 9.53 Å². The fourth-order valence-electron chi connectivity index (χ4n) is 2.71. The number of rotatable bonds is 4. The number of ketones is 1. The number of carbonyl (C=O) groups excluding carboxylic acids is 1. The van der Waals surface area contributed by atoms with Crippen LogP contribution in [-0.2, 0) is 11.2 Å². The first-order valence-corrected chi connectivity index (χ1v) is 6.79. The van der Waals surface area contributed by atoms with Gasteiger partial charge in [0.25, 0.3) is 0 Å². The Labute approximate surface area is 113 Å². The number of hydrogen-bond donors (Lipinski definition) is 0. The zero-order valence-corrected chi connectivity index (χ0v) is 11.7. The first kappa shape index (κ1) is 13.4. The van der Waals surface area contributed by atoms with Crippen LogP contribution in [0.2, 0.25) is 5.02 Å². The molecule has 3 heteroatoms. The van der Waals surface area contributed by atoms with Crippen molar-refractivity contribution in [3.8, 4) is 5.75 Å². The molecule has 0 N–H and O–H groups in total. The molecule has 2 rings (SSSR count). The first-order valence-electron chi connectivity index (χ1n) is 6.41. The number of methoxy groups -OCH3 is 1. The van der Waals surface area contributed by atoms with Crippen LogP contribution in [0.3, 0.4) is 0 Å². The molecule has 0 radical (unpaired) electrons. The van der Waals surface area contributed by atoms with Crippen LogP contribution in [0.15, 0.2) is 18.2 Å². The van der Waals surface area contributed by atoms with Crippen LogP contribution in [0.25, 0.3) is 0 Å². The van der Waals surface area contributed by atoms with Gasteiger partial charge in [-0.25, -0.2) is 0 Å². The van der Waals surface area contributed by atoms with Gasteiger partial charge < -0.3 is 4.74 Å². The van der Waals surface area contributed by atoms with Crippen LogP contribution in [0.5, 0.6) is 5.75 Å². The highest BCUT2D eigenvalue weighted by Crippen LogP contribution is 2.39. The number of Topliss-reactive ketones (excluding diaryl/α,β-unsaturated/α-hetero) is 1. The molecule has 0 amide bonds. The molecule has 2 nitrogen and oxygen atoms in total. The maximum atomic E-state index is 12.4. The summed E-state index contributed by atoms with van der Waals surface area (Å²) in [4.78, 5) is 12.4. The monoisotopic (exact) mass is 266 g/mol. The lowest BCUT2D eigenvalue weighted by Crippen LogP contribution is -2.26. The van der Waals surface area contributed by atoms with Crippen molar-refractivity contribution in [2.75, 3.05) is 7.11 Å². The van der Waals surface area contributed by atoms with E-state index in [0.717, 1.165) is 37.0 Å². The lowest BCUT2D eigenvalue weighted by atomic mass is 9.81. The van der Waals surface area contributed by atoms with E-state index >= 15 is 0 Å². The van der Waals surface area contributed by atoms with E-state index in [1.807, 2.05) is 12.1 Å². The average molecular weight is 267 g/mol. The minimum atomic E-state index is -0.146. The maximum absolute atomic E-state index is 12.4. The van der Waals surface area contributed by atoms with Gasteiger partial charge in [-0.05, 0) is 31.0 Å². The second kappa shape index (κ2) is 5.31. The lowest BCUT2D eigenvalue weighted by molar-refractivity contribution is -0.126. The quantitative estimate of drug-likeness (QED) is 0.822. The summed E-state index contributed by atoms with van der Waals surface area (Å²) in [5.74, 6) is 1.05. The van der Waals surface area contributed by atoms with Gasteiger partial charge in [0.15, 0.2) is 0 Å². The van der Waals surface area contributed by atoms with E-state index in [0.29, 0.717) is 17.2 Å². The summed E-state index contributed by atoms with van der Waals surface area (Å²) in [5, 5.41) is 0.648. The zero-order valence-electron chi connectivity index (χ0n) is 11.0. The van der Waals surface area contributed by atoms with E-state index in [9.17, 15) is 4.79 Å². The molecule has 1 aliphatic rings. The van der Waals surface area contributed by atoms with E-state index in [1.54, 1.807) is 13.2 Å². The number of ether oxygens (including phenoxy) is 1. The molecule has 18 heavy (non-hydrogen) atoms. The molecular formula is C15H19ClO2. The molecule has 0 spiro atoms. The van der Waals surface area contributed by atoms with Gasteiger partial charge in [0, 0.05) is 22.4 Å². The fraction of sp³-hybridized carbons (Fsp3) is 0.533. The highest BCUT2D eigenvalue weighted by atomic mass is 35.5. The predicted molar refractivity (Wildman–Crippen MR) is 73.3 cm³/mol. The van der Waals surface area contributed by atoms with Crippen molar-refractivity contribution in [1.82, 2.24) is 0 Å². The molecule has 1 saturated carbocycles. The molecular weight excluding hydrogens is 248 g/mol. The van der Waals surface area contributed by atoms with Crippen molar-refractivity contribution in [2.24, 2.45) is 5.41 Å². The van der Waals surface area contributed by atoms with Crippen molar-refractivity contribution in [1.29, 1.82) is 0 Å². The van der Waals surface area contributed by atoms with Crippen LogP contribution >= 0.6 is 11.6 Å². The zero-order chi connectivity index (χ0) is 13.2. The van der Waals surface area contributed by atoms with Crippen LogP contribution in [0.4, 0.5) is 0 Å². The Bertz CT molecular complexity index is 448. The number of hydrogen-bond acceptors (Lipinski definition) is 2. The van der Waals surface area contributed by atoms with Gasteiger partial charge in [0.1, 0.15) is 11.5 Å². The molecule has 1 fully saturated rings. The summed E-state index contributed by atoms with van der Waals surface area (Å²) in [6, 6.07) is 5.43. The molecule has 1 aliphatic carbocycles. The molecule has 1 aromatic carbocycles. The average Bonchev–Trinajstić information content (AvgIpc) is 2.78. The summed E-state index contributed by atoms with van der Waals surface area (Å²) in [7, 11) is 1.62. The third-order valence-electron chi connectivity index (χ3n) is 3.97. The van der Waals surface area contributed by atoms with Gasteiger partial charge in [-0.2, -0.15) is 0 Å². The Hall–Kier alpha value is -1.02. The summed E-state index contributed by atoms with van der Waals surface area (Å²) in [5.41, 5.74) is 0.746. The highest BCUT2D eigenvalue weighted by molar-refractivity contribution is 6.30. The van der Waals surface area contributed by atoms with Crippen LogP contribution in [0, 0.1) is 5.41 Å². The van der Waals surface area contributed by atoms with Crippen LogP contribution in [-0.4, -0.2) is 12.9 Å². The van der Waals surface area contributed by atoms with Gasteiger partial charge in [-0.1, -0.05) is 31.4 Å². The molecule has 0 atom stereocenters. The normalized spacial score (nSPS) is 17.7. The molecule has 0 unspecified atom stereocenters. The number of halogens is 1. The standard InChI is InChI=1S/C15H19ClO2/c1-15(7-3-4-8-15)14(17)10-11-9-12(16)5-6-13(11)18-2/h5-6,9H,3-4,7-8,10H2,1-2H3. The van der Waals surface area contributed by atoms with Crippen molar-refractivity contribution in [2.45, 2.75) is 39.0 Å². The minimum absolute atomic E-state index is 0.146. The largest absolute Gasteiger partial charge is 0.496 e. The highest BCUT2D eigenvalue weighted by Gasteiger charge is 2.35. The Morgan fingerprint density at radius 2 is 2.06 bits per heavy atom. The molecule has 0 bridgehead atoms.